The van der Waals surface area contributed by atoms with Crippen molar-refractivity contribution in [2.24, 2.45) is 13.0 Å². The topological polar surface area (TPSA) is 70.1 Å². The zero-order chi connectivity index (χ0) is 19.7. The molecule has 28 heavy (non-hydrogen) atoms. The van der Waals surface area contributed by atoms with Crippen LogP contribution in [-0.2, 0) is 13.6 Å². The van der Waals surface area contributed by atoms with Crippen LogP contribution in [0.3, 0.4) is 0 Å². The first kappa shape index (κ1) is 18.5. The number of nitrogens with one attached hydrogen (secondary N) is 2. The summed E-state index contributed by atoms with van der Waals surface area (Å²) in [6.07, 6.45) is 2.54. The lowest BCUT2D eigenvalue weighted by Gasteiger charge is -2.30. The molecule has 1 aliphatic rings. The molecule has 1 aliphatic heterocycles. The number of hydrogen-bond donors (Lipinski definition) is 2. The molecule has 6 heteroatoms. The SMILES string of the molecule is CC1CCN(Cc2ccc(NC(=O)c3ccc4c(c3)[nH]c(=O)n4C)cc2)CC1. The number of benzene rings is 2. The number of hydrogen-bond acceptors (Lipinski definition) is 3. The number of carbonyl (C=O) groups is 1. The Kier molecular flexibility index (Phi) is 5.05. The molecule has 2 aromatic carbocycles. The summed E-state index contributed by atoms with van der Waals surface area (Å²) in [4.78, 5) is 29.5. The van der Waals surface area contributed by atoms with E-state index in [1.165, 1.54) is 23.0 Å². The number of anilines is 1. The number of fused-ring (bicyclic) bond motifs is 1. The summed E-state index contributed by atoms with van der Waals surface area (Å²) < 4.78 is 1.53. The molecule has 0 aliphatic carbocycles. The molecule has 0 spiro atoms. The third-order valence-corrected chi connectivity index (χ3v) is 5.66. The van der Waals surface area contributed by atoms with E-state index in [0.717, 1.165) is 36.8 Å². The largest absolute Gasteiger partial charge is 0.326 e. The quantitative estimate of drug-likeness (QED) is 0.731. The third-order valence-electron chi connectivity index (χ3n) is 5.66. The summed E-state index contributed by atoms with van der Waals surface area (Å²) >= 11 is 0. The van der Waals surface area contributed by atoms with Crippen molar-refractivity contribution < 1.29 is 4.79 Å². The van der Waals surface area contributed by atoms with Crippen molar-refractivity contribution in [2.45, 2.75) is 26.3 Å². The van der Waals surface area contributed by atoms with Crippen molar-refractivity contribution in [1.82, 2.24) is 14.5 Å². The van der Waals surface area contributed by atoms with E-state index in [9.17, 15) is 9.59 Å². The van der Waals surface area contributed by atoms with Gasteiger partial charge in [-0.1, -0.05) is 19.1 Å². The van der Waals surface area contributed by atoms with Gasteiger partial charge in [0, 0.05) is 24.8 Å². The van der Waals surface area contributed by atoms with Gasteiger partial charge in [0.15, 0.2) is 0 Å². The van der Waals surface area contributed by atoms with Gasteiger partial charge in [0.2, 0.25) is 0 Å². The molecule has 1 fully saturated rings. The number of piperidine rings is 1. The van der Waals surface area contributed by atoms with Crippen molar-refractivity contribution in [3.8, 4) is 0 Å². The molecular weight excluding hydrogens is 352 g/mol. The van der Waals surface area contributed by atoms with Crippen molar-refractivity contribution >= 4 is 22.6 Å². The zero-order valence-corrected chi connectivity index (χ0v) is 16.4. The molecule has 2 N–H and O–H groups in total. The first-order chi connectivity index (χ1) is 13.5. The fourth-order valence-corrected chi connectivity index (χ4v) is 3.75. The van der Waals surface area contributed by atoms with E-state index in [2.05, 4.69) is 34.3 Å². The van der Waals surface area contributed by atoms with E-state index in [0.29, 0.717) is 11.1 Å². The van der Waals surface area contributed by atoms with Crippen LogP contribution in [-0.4, -0.2) is 33.4 Å². The number of imidazole rings is 1. The Hall–Kier alpha value is -2.86. The molecule has 1 saturated heterocycles. The minimum atomic E-state index is -0.190. The normalized spacial score (nSPS) is 15.8. The minimum absolute atomic E-state index is 0.189. The molecule has 1 aromatic heterocycles. The molecule has 146 valence electrons. The molecule has 3 aromatic rings. The average Bonchev–Trinajstić information content (AvgIpc) is 2.98. The van der Waals surface area contributed by atoms with Gasteiger partial charge in [0.1, 0.15) is 0 Å². The summed E-state index contributed by atoms with van der Waals surface area (Å²) in [5.74, 6) is 0.645. The summed E-state index contributed by atoms with van der Waals surface area (Å²) in [5.41, 5.74) is 3.79. The van der Waals surface area contributed by atoms with Crippen LogP contribution >= 0.6 is 0 Å². The first-order valence-electron chi connectivity index (χ1n) is 9.81. The maximum absolute atomic E-state index is 12.6. The maximum atomic E-state index is 12.6. The predicted molar refractivity (Wildman–Crippen MR) is 112 cm³/mol. The second-order valence-corrected chi connectivity index (χ2v) is 7.83. The van der Waals surface area contributed by atoms with E-state index in [1.807, 2.05) is 12.1 Å². The van der Waals surface area contributed by atoms with Crippen molar-refractivity contribution in [3.63, 3.8) is 0 Å². The van der Waals surface area contributed by atoms with Crippen LogP contribution < -0.4 is 11.0 Å². The van der Waals surface area contributed by atoms with Gasteiger partial charge in [-0.15, -0.1) is 0 Å². The highest BCUT2D eigenvalue weighted by Gasteiger charge is 2.15. The number of aromatic amines is 1. The standard InChI is InChI=1S/C22H26N4O2/c1-15-9-11-26(12-10-15)14-16-3-6-18(7-4-16)23-21(27)17-5-8-20-19(13-17)24-22(28)25(20)2/h3-8,13,15H,9-12,14H2,1-2H3,(H,23,27)(H,24,28). The molecule has 6 nitrogen and oxygen atoms in total. The number of carbonyl (C=O) groups excluding carboxylic acids is 1. The van der Waals surface area contributed by atoms with Gasteiger partial charge in [0.25, 0.3) is 5.91 Å². The third kappa shape index (κ3) is 3.87. The molecule has 4 rings (SSSR count). The van der Waals surface area contributed by atoms with Gasteiger partial charge in [-0.05, 0) is 67.7 Å². The lowest BCUT2D eigenvalue weighted by atomic mass is 9.99. The monoisotopic (exact) mass is 378 g/mol. The number of likely N-dealkylation sites (tertiary alicyclic amines) is 1. The Bertz CT molecular complexity index is 1040. The number of H-pyrrole nitrogens is 1. The number of aromatic nitrogens is 2. The van der Waals surface area contributed by atoms with Crippen LogP contribution in [0.4, 0.5) is 5.69 Å². The summed E-state index contributed by atoms with van der Waals surface area (Å²) in [7, 11) is 1.70. The lowest BCUT2D eigenvalue weighted by molar-refractivity contribution is 0.102. The molecule has 0 unspecified atom stereocenters. The highest BCUT2D eigenvalue weighted by Crippen LogP contribution is 2.19. The Morgan fingerprint density at radius 2 is 1.86 bits per heavy atom. The van der Waals surface area contributed by atoms with Crippen molar-refractivity contribution in [2.75, 3.05) is 18.4 Å². The Morgan fingerprint density at radius 1 is 1.14 bits per heavy atom. The molecular formula is C22H26N4O2. The highest BCUT2D eigenvalue weighted by atomic mass is 16.2. The average molecular weight is 378 g/mol. The van der Waals surface area contributed by atoms with Gasteiger partial charge in [-0.3, -0.25) is 14.3 Å². The Labute approximate surface area is 164 Å². The second kappa shape index (κ2) is 7.64. The molecule has 0 saturated carbocycles. The van der Waals surface area contributed by atoms with Gasteiger partial charge in [0.05, 0.1) is 11.0 Å². The molecule has 0 atom stereocenters. The number of aryl methyl sites for hydroxylation is 1. The van der Waals surface area contributed by atoms with E-state index in [1.54, 1.807) is 25.2 Å². The minimum Gasteiger partial charge on any atom is -0.322 e. The lowest BCUT2D eigenvalue weighted by Crippen LogP contribution is -2.32. The summed E-state index contributed by atoms with van der Waals surface area (Å²) in [6.45, 7) is 5.59. The zero-order valence-electron chi connectivity index (χ0n) is 16.4. The van der Waals surface area contributed by atoms with Crippen LogP contribution in [0.1, 0.15) is 35.7 Å². The highest BCUT2D eigenvalue weighted by molar-refractivity contribution is 6.05. The van der Waals surface area contributed by atoms with E-state index < -0.39 is 0 Å². The van der Waals surface area contributed by atoms with Crippen LogP contribution in [0.25, 0.3) is 11.0 Å². The molecule has 1 amide bonds. The predicted octanol–water partition coefficient (Wildman–Crippen LogP) is 3.35. The van der Waals surface area contributed by atoms with Crippen LogP contribution in [0.2, 0.25) is 0 Å². The van der Waals surface area contributed by atoms with Gasteiger partial charge in [-0.25, -0.2) is 4.79 Å². The fraction of sp³-hybridized carbons (Fsp3) is 0.364. The van der Waals surface area contributed by atoms with Crippen LogP contribution in [0, 0.1) is 5.92 Å². The fourth-order valence-electron chi connectivity index (χ4n) is 3.75. The van der Waals surface area contributed by atoms with Crippen molar-refractivity contribution in [1.29, 1.82) is 0 Å². The second-order valence-electron chi connectivity index (χ2n) is 7.83. The summed E-state index contributed by atoms with van der Waals surface area (Å²) in [6, 6.07) is 13.3. The van der Waals surface area contributed by atoms with Crippen molar-refractivity contribution in [3.05, 3.63) is 64.1 Å². The van der Waals surface area contributed by atoms with Gasteiger partial charge < -0.3 is 10.3 Å². The van der Waals surface area contributed by atoms with E-state index in [-0.39, 0.29) is 11.6 Å². The Morgan fingerprint density at radius 3 is 2.57 bits per heavy atom. The van der Waals surface area contributed by atoms with Gasteiger partial charge >= 0.3 is 5.69 Å². The maximum Gasteiger partial charge on any atom is 0.326 e. The van der Waals surface area contributed by atoms with Crippen LogP contribution in [0.5, 0.6) is 0 Å². The molecule has 2 heterocycles. The Balaban J connectivity index is 1.41. The van der Waals surface area contributed by atoms with Gasteiger partial charge in [-0.2, -0.15) is 0 Å². The number of nitrogens with zero attached hydrogens (tertiary/aromatic N) is 2. The molecule has 0 radical (unpaired) electrons. The smallest absolute Gasteiger partial charge is 0.322 e. The van der Waals surface area contributed by atoms with Crippen LogP contribution in [0.15, 0.2) is 47.3 Å². The number of amides is 1. The van der Waals surface area contributed by atoms with E-state index >= 15 is 0 Å². The van der Waals surface area contributed by atoms with E-state index in [4.69, 9.17) is 0 Å². The number of rotatable bonds is 4. The molecule has 0 bridgehead atoms. The first-order valence-corrected chi connectivity index (χ1v) is 9.81. The summed E-state index contributed by atoms with van der Waals surface area (Å²) in [5, 5.41) is 2.93.